The average Bonchev–Trinajstić information content (AvgIpc) is 3.63. The molecule has 2 atom stereocenters. The summed E-state index contributed by atoms with van der Waals surface area (Å²) in [6.07, 6.45) is 1.96. The van der Waals surface area contributed by atoms with Crippen molar-refractivity contribution < 1.29 is 43.5 Å². The molecule has 0 radical (unpaired) electrons. The molecular weight excluding hydrogens is 544 g/mol. The molecule has 0 saturated carbocycles. The van der Waals surface area contributed by atoms with Crippen LogP contribution in [-0.2, 0) is 47.8 Å². The maximum atomic E-state index is 12.0. The van der Waals surface area contributed by atoms with Gasteiger partial charge in [0, 0.05) is 12.0 Å². The molecule has 11 heteroatoms. The lowest BCUT2D eigenvalue weighted by molar-refractivity contribution is -0.139. The summed E-state index contributed by atoms with van der Waals surface area (Å²) in [4.78, 5) is 33.3. The maximum Gasteiger partial charge on any atom is 0.320 e. The fourth-order valence-corrected chi connectivity index (χ4v) is 4.00. The Labute approximate surface area is 249 Å². The predicted octanol–water partition coefficient (Wildman–Crippen LogP) is 3.44. The quantitative estimate of drug-likeness (QED) is 0.265. The molecule has 2 saturated heterocycles. The van der Waals surface area contributed by atoms with Gasteiger partial charge in [0.05, 0.1) is 32.8 Å². The Hall–Kier alpha value is -3.19. The van der Waals surface area contributed by atoms with Crippen LogP contribution in [0.2, 0.25) is 0 Å². The second-order valence-electron chi connectivity index (χ2n) is 9.32. The summed E-state index contributed by atoms with van der Waals surface area (Å²) >= 11 is 0. The Balaban J connectivity index is 0.000000748. The van der Waals surface area contributed by atoms with Gasteiger partial charge in [0.15, 0.2) is 18.4 Å². The summed E-state index contributed by atoms with van der Waals surface area (Å²) in [6.45, 7) is 2.39. The number of rotatable bonds is 12. The number of benzene rings is 2. The smallest absolute Gasteiger partial charge is 0.320 e. The van der Waals surface area contributed by atoms with Gasteiger partial charge in [-0.05, 0) is 36.0 Å². The van der Waals surface area contributed by atoms with Crippen LogP contribution in [0.3, 0.4) is 0 Å². The molecule has 11 nitrogen and oxygen atoms in total. The number of nitrogens with two attached hydrogens (primary N) is 2. The summed E-state index contributed by atoms with van der Waals surface area (Å²) in [7, 11) is 0. The number of hydrogen-bond donors (Lipinski definition) is 4. The van der Waals surface area contributed by atoms with Crippen molar-refractivity contribution in [3.8, 4) is 0 Å². The first-order valence-electron chi connectivity index (χ1n) is 12.8. The van der Waals surface area contributed by atoms with Gasteiger partial charge in [0.2, 0.25) is 0 Å². The summed E-state index contributed by atoms with van der Waals surface area (Å²) in [5, 5.41) is 17.5. The molecule has 6 N–H and O–H groups in total. The van der Waals surface area contributed by atoms with Crippen LogP contribution >= 0.6 is 0 Å². The van der Waals surface area contributed by atoms with Crippen LogP contribution < -0.4 is 11.5 Å². The Morgan fingerprint density at radius 3 is 1.48 bits per heavy atom. The van der Waals surface area contributed by atoms with Crippen LogP contribution in [0.4, 0.5) is 0 Å². The summed E-state index contributed by atoms with van der Waals surface area (Å²) in [6, 6.07) is 12.8. The lowest BCUT2D eigenvalue weighted by Crippen LogP contribution is -2.32. The van der Waals surface area contributed by atoms with E-state index < -0.39 is 30.3 Å². The van der Waals surface area contributed by atoms with E-state index in [1.54, 1.807) is 24.3 Å². The van der Waals surface area contributed by atoms with Crippen molar-refractivity contribution in [1.29, 1.82) is 0 Å². The van der Waals surface area contributed by atoms with Crippen molar-refractivity contribution >= 4 is 17.7 Å². The van der Waals surface area contributed by atoms with Gasteiger partial charge in [0.25, 0.3) is 0 Å². The number of aliphatic carboxylic acids is 2. The van der Waals surface area contributed by atoms with Gasteiger partial charge in [-0.25, -0.2) is 0 Å². The first kappa shape index (κ1) is 38.8. The fourth-order valence-electron chi connectivity index (χ4n) is 4.00. The second-order valence-corrected chi connectivity index (χ2v) is 9.32. The number of carboxylic acid groups (broad SMARTS) is 2. The fraction of sp³-hybridized carbons (Fsp3) is 0.516. The minimum absolute atomic E-state index is 0. The lowest BCUT2D eigenvalue weighted by Gasteiger charge is -2.10. The van der Waals surface area contributed by atoms with Crippen LogP contribution in [0.5, 0.6) is 0 Å². The van der Waals surface area contributed by atoms with Gasteiger partial charge in [-0.15, -0.1) is 0 Å². The maximum absolute atomic E-state index is 12.0. The number of hydrogen-bond acceptors (Lipinski definition) is 9. The Morgan fingerprint density at radius 1 is 0.667 bits per heavy atom. The summed E-state index contributed by atoms with van der Waals surface area (Å²) < 4.78 is 21.2. The molecule has 2 aromatic rings. The number of ketones is 1. The zero-order valence-corrected chi connectivity index (χ0v) is 21.7. The minimum Gasteiger partial charge on any atom is -0.480 e. The highest BCUT2D eigenvalue weighted by molar-refractivity contribution is 5.96. The minimum atomic E-state index is -1.04. The molecule has 0 spiro atoms. The molecule has 0 aliphatic carbocycles. The van der Waals surface area contributed by atoms with Crippen molar-refractivity contribution in [2.24, 2.45) is 11.5 Å². The summed E-state index contributed by atoms with van der Waals surface area (Å²) in [5.41, 5.74) is 14.4. The van der Waals surface area contributed by atoms with Crippen LogP contribution in [0, 0.1) is 0 Å². The van der Waals surface area contributed by atoms with Gasteiger partial charge in [0.1, 0.15) is 12.1 Å². The molecule has 2 aliphatic rings. The van der Waals surface area contributed by atoms with Crippen LogP contribution in [0.15, 0.2) is 48.5 Å². The van der Waals surface area contributed by atoms with E-state index in [9.17, 15) is 14.4 Å². The molecule has 42 heavy (non-hydrogen) atoms. The standard InChI is InChI=1S/C14H17NO5.C14H19NO4.3CH4/c15-11(14(17)18)7-9-1-3-10(4-2-9)12(16)8-13-19-5-6-20-13;15-12(14(16)17)9-11-3-1-10(2-4-11)5-6-13-18-7-8-19-13;;;/h1-4,11,13H,5-8,15H2,(H,17,18);1-4,12-13H,5-9,15H2,(H,16,17);3*1H4. The number of ether oxygens (including phenoxy) is 4. The van der Waals surface area contributed by atoms with E-state index in [1.165, 1.54) is 5.56 Å². The van der Waals surface area contributed by atoms with Crippen LogP contribution in [-0.4, -0.2) is 79.0 Å². The number of carbonyl (C=O) groups excluding carboxylic acids is 1. The monoisotopic (exact) mass is 592 g/mol. The molecule has 4 rings (SSSR count). The highest BCUT2D eigenvalue weighted by Crippen LogP contribution is 2.15. The zero-order valence-electron chi connectivity index (χ0n) is 21.7. The molecule has 2 aliphatic heterocycles. The third-order valence-corrected chi connectivity index (χ3v) is 6.25. The highest BCUT2D eigenvalue weighted by atomic mass is 16.7. The highest BCUT2D eigenvalue weighted by Gasteiger charge is 2.21. The van der Waals surface area contributed by atoms with Crippen molar-refractivity contribution in [3.63, 3.8) is 0 Å². The first-order valence-corrected chi connectivity index (χ1v) is 12.8. The average molecular weight is 593 g/mol. The van der Waals surface area contributed by atoms with Crippen molar-refractivity contribution in [3.05, 3.63) is 70.8 Å². The molecule has 2 unspecified atom stereocenters. The summed E-state index contributed by atoms with van der Waals surface area (Å²) in [5.74, 6) is -2.08. The number of carboxylic acids is 2. The van der Waals surface area contributed by atoms with E-state index in [2.05, 4.69) is 0 Å². The SMILES string of the molecule is C.C.C.NC(Cc1ccc(C(=O)CC2OCCO2)cc1)C(=O)O.NC(Cc1ccc(CCC2OCCO2)cc1)C(=O)O. The zero-order chi connectivity index (χ0) is 28.2. The molecule has 0 amide bonds. The van der Waals surface area contributed by atoms with Gasteiger partial charge in [-0.3, -0.25) is 14.4 Å². The Bertz CT molecular complexity index is 1060. The van der Waals surface area contributed by atoms with E-state index in [0.717, 1.165) is 24.0 Å². The number of carbonyl (C=O) groups is 3. The number of Topliss-reactive ketones (excluding diaryl/α,β-unsaturated/α-hetero) is 1. The molecule has 236 valence electrons. The van der Waals surface area contributed by atoms with E-state index in [0.29, 0.717) is 38.4 Å². The second kappa shape index (κ2) is 19.8. The van der Waals surface area contributed by atoms with Gasteiger partial charge < -0.3 is 40.6 Å². The van der Waals surface area contributed by atoms with E-state index >= 15 is 0 Å². The van der Waals surface area contributed by atoms with E-state index in [4.69, 9.17) is 40.6 Å². The molecule has 0 bridgehead atoms. The van der Waals surface area contributed by atoms with Crippen molar-refractivity contribution in [2.75, 3.05) is 26.4 Å². The van der Waals surface area contributed by atoms with Crippen LogP contribution in [0.1, 0.15) is 62.2 Å². The number of aryl methyl sites for hydroxylation is 1. The lowest BCUT2D eigenvalue weighted by atomic mass is 10.0. The normalized spacial score (nSPS) is 16.0. The van der Waals surface area contributed by atoms with Gasteiger partial charge in [-0.2, -0.15) is 0 Å². The molecule has 2 fully saturated rings. The Kier molecular flexibility index (Phi) is 18.3. The van der Waals surface area contributed by atoms with Crippen molar-refractivity contribution in [2.45, 2.75) is 79.0 Å². The van der Waals surface area contributed by atoms with Gasteiger partial charge >= 0.3 is 11.9 Å². The molecule has 0 aromatic heterocycles. The largest absolute Gasteiger partial charge is 0.480 e. The predicted molar refractivity (Wildman–Crippen MR) is 160 cm³/mol. The topological polar surface area (TPSA) is 181 Å². The van der Waals surface area contributed by atoms with E-state index in [-0.39, 0.29) is 47.2 Å². The Morgan fingerprint density at radius 2 is 1.05 bits per heavy atom. The first-order chi connectivity index (χ1) is 18.7. The third-order valence-electron chi connectivity index (χ3n) is 6.25. The third kappa shape index (κ3) is 13.2. The molecular formula is C31H48N2O9. The van der Waals surface area contributed by atoms with E-state index in [1.807, 2.05) is 24.3 Å². The molecule has 2 heterocycles. The van der Waals surface area contributed by atoms with Crippen molar-refractivity contribution in [1.82, 2.24) is 0 Å². The van der Waals surface area contributed by atoms with Crippen LogP contribution in [0.25, 0.3) is 0 Å². The molecule has 2 aromatic carbocycles. The van der Waals surface area contributed by atoms with Gasteiger partial charge in [-0.1, -0.05) is 70.8 Å².